The van der Waals surface area contributed by atoms with E-state index < -0.39 is 0 Å². The molecule has 2 atom stereocenters. The SMILES string of the molecule is CC1CCC(c2noc(CCNC3CC3)n2)C1. The van der Waals surface area contributed by atoms with Gasteiger partial charge in [0.1, 0.15) is 0 Å². The molecule has 2 aliphatic carbocycles. The molecule has 17 heavy (non-hydrogen) atoms. The third-order valence-electron chi connectivity index (χ3n) is 3.89. The molecule has 0 radical (unpaired) electrons. The van der Waals surface area contributed by atoms with Gasteiger partial charge >= 0.3 is 0 Å². The van der Waals surface area contributed by atoms with E-state index in [0.29, 0.717) is 5.92 Å². The van der Waals surface area contributed by atoms with Gasteiger partial charge in [-0.1, -0.05) is 12.1 Å². The average molecular weight is 235 g/mol. The summed E-state index contributed by atoms with van der Waals surface area (Å²) in [4.78, 5) is 4.53. The van der Waals surface area contributed by atoms with E-state index in [1.165, 1.54) is 32.1 Å². The zero-order valence-corrected chi connectivity index (χ0v) is 10.5. The maximum absolute atomic E-state index is 5.31. The van der Waals surface area contributed by atoms with Gasteiger partial charge < -0.3 is 9.84 Å². The number of nitrogens with zero attached hydrogens (tertiary/aromatic N) is 2. The van der Waals surface area contributed by atoms with Gasteiger partial charge in [0.25, 0.3) is 0 Å². The van der Waals surface area contributed by atoms with Gasteiger partial charge in [-0.05, 0) is 38.0 Å². The molecule has 2 unspecified atom stereocenters. The summed E-state index contributed by atoms with van der Waals surface area (Å²) >= 11 is 0. The van der Waals surface area contributed by atoms with Crippen LogP contribution in [-0.4, -0.2) is 22.7 Å². The summed E-state index contributed by atoms with van der Waals surface area (Å²) < 4.78 is 5.31. The van der Waals surface area contributed by atoms with Crippen molar-refractivity contribution in [2.24, 2.45) is 5.92 Å². The molecule has 94 valence electrons. The highest BCUT2D eigenvalue weighted by molar-refractivity contribution is 4.99. The third-order valence-corrected chi connectivity index (χ3v) is 3.89. The van der Waals surface area contributed by atoms with Crippen molar-refractivity contribution in [3.63, 3.8) is 0 Å². The van der Waals surface area contributed by atoms with Crippen molar-refractivity contribution in [2.75, 3.05) is 6.54 Å². The Balaban J connectivity index is 1.50. The van der Waals surface area contributed by atoms with Crippen LogP contribution in [0.3, 0.4) is 0 Å². The van der Waals surface area contributed by atoms with Crippen LogP contribution in [0.5, 0.6) is 0 Å². The first-order chi connectivity index (χ1) is 8.31. The molecule has 4 nitrogen and oxygen atoms in total. The maximum Gasteiger partial charge on any atom is 0.227 e. The van der Waals surface area contributed by atoms with E-state index >= 15 is 0 Å². The van der Waals surface area contributed by atoms with Crippen LogP contribution in [0.25, 0.3) is 0 Å². The summed E-state index contributed by atoms with van der Waals surface area (Å²) in [6, 6.07) is 0.757. The number of aromatic nitrogens is 2. The first kappa shape index (κ1) is 11.2. The minimum Gasteiger partial charge on any atom is -0.339 e. The van der Waals surface area contributed by atoms with Crippen molar-refractivity contribution in [1.82, 2.24) is 15.5 Å². The Labute approximate surface area is 102 Å². The molecule has 0 aromatic carbocycles. The molecule has 1 aromatic rings. The van der Waals surface area contributed by atoms with Crippen LogP contribution in [0.2, 0.25) is 0 Å². The van der Waals surface area contributed by atoms with Crippen molar-refractivity contribution in [3.8, 4) is 0 Å². The van der Waals surface area contributed by atoms with Crippen LogP contribution in [0.1, 0.15) is 56.7 Å². The van der Waals surface area contributed by atoms with E-state index in [1.54, 1.807) is 0 Å². The van der Waals surface area contributed by atoms with Gasteiger partial charge in [-0.15, -0.1) is 0 Å². The zero-order valence-electron chi connectivity index (χ0n) is 10.5. The molecule has 3 rings (SSSR count). The van der Waals surface area contributed by atoms with Crippen LogP contribution in [0.4, 0.5) is 0 Å². The van der Waals surface area contributed by atoms with E-state index in [-0.39, 0.29) is 0 Å². The van der Waals surface area contributed by atoms with Crippen molar-refractivity contribution in [1.29, 1.82) is 0 Å². The van der Waals surface area contributed by atoms with Gasteiger partial charge in [-0.2, -0.15) is 4.98 Å². The van der Waals surface area contributed by atoms with Crippen molar-refractivity contribution < 1.29 is 4.52 Å². The summed E-state index contributed by atoms with van der Waals surface area (Å²) in [5.74, 6) is 3.10. The van der Waals surface area contributed by atoms with Crippen LogP contribution in [0.15, 0.2) is 4.52 Å². The molecule has 1 heterocycles. The van der Waals surface area contributed by atoms with Crippen molar-refractivity contribution >= 4 is 0 Å². The largest absolute Gasteiger partial charge is 0.339 e. The summed E-state index contributed by atoms with van der Waals surface area (Å²) in [7, 11) is 0. The normalized spacial score (nSPS) is 28.8. The van der Waals surface area contributed by atoms with Gasteiger partial charge in [0.15, 0.2) is 5.82 Å². The second-order valence-electron chi connectivity index (χ2n) is 5.64. The van der Waals surface area contributed by atoms with E-state index in [0.717, 1.165) is 36.6 Å². The summed E-state index contributed by atoms with van der Waals surface area (Å²) in [6.45, 7) is 3.27. The average Bonchev–Trinajstić information content (AvgIpc) is 2.85. The zero-order chi connectivity index (χ0) is 11.7. The molecule has 4 heteroatoms. The monoisotopic (exact) mass is 235 g/mol. The van der Waals surface area contributed by atoms with E-state index in [1.807, 2.05) is 0 Å². The Hall–Kier alpha value is -0.900. The van der Waals surface area contributed by atoms with Crippen LogP contribution in [-0.2, 0) is 6.42 Å². The summed E-state index contributed by atoms with van der Waals surface area (Å²) in [5.41, 5.74) is 0. The van der Waals surface area contributed by atoms with E-state index in [9.17, 15) is 0 Å². The molecule has 2 saturated carbocycles. The second kappa shape index (κ2) is 4.77. The molecular formula is C13H21N3O. The molecular weight excluding hydrogens is 214 g/mol. The van der Waals surface area contributed by atoms with Gasteiger partial charge in [0.05, 0.1) is 0 Å². The Morgan fingerprint density at radius 1 is 1.29 bits per heavy atom. The Morgan fingerprint density at radius 3 is 2.88 bits per heavy atom. The highest BCUT2D eigenvalue weighted by Gasteiger charge is 2.27. The third kappa shape index (κ3) is 2.86. The van der Waals surface area contributed by atoms with Crippen LogP contribution < -0.4 is 5.32 Å². The molecule has 0 spiro atoms. The molecule has 0 bridgehead atoms. The molecule has 0 saturated heterocycles. The Kier molecular flexibility index (Phi) is 3.14. The summed E-state index contributed by atoms with van der Waals surface area (Å²) in [6.07, 6.45) is 7.27. The highest BCUT2D eigenvalue weighted by Crippen LogP contribution is 2.36. The minimum atomic E-state index is 0.541. The first-order valence-electron chi connectivity index (χ1n) is 6.87. The summed E-state index contributed by atoms with van der Waals surface area (Å²) in [5, 5.41) is 7.60. The smallest absolute Gasteiger partial charge is 0.227 e. The van der Waals surface area contributed by atoms with Crippen LogP contribution >= 0.6 is 0 Å². The fraction of sp³-hybridized carbons (Fsp3) is 0.846. The Bertz CT molecular complexity index is 372. The molecule has 2 aliphatic rings. The molecule has 2 fully saturated rings. The van der Waals surface area contributed by atoms with Gasteiger partial charge in [0.2, 0.25) is 5.89 Å². The topological polar surface area (TPSA) is 51.0 Å². The predicted octanol–water partition coefficient (Wildman–Crippen LogP) is 2.27. The fourth-order valence-electron chi connectivity index (χ4n) is 2.65. The lowest BCUT2D eigenvalue weighted by molar-refractivity contribution is 0.367. The molecule has 0 amide bonds. The molecule has 0 aliphatic heterocycles. The standard InChI is InChI=1S/C13H21N3O/c1-9-2-3-10(8-9)13-15-12(17-16-13)6-7-14-11-4-5-11/h9-11,14H,2-8H2,1H3. The van der Waals surface area contributed by atoms with Gasteiger partial charge in [-0.3, -0.25) is 0 Å². The highest BCUT2D eigenvalue weighted by atomic mass is 16.5. The Morgan fingerprint density at radius 2 is 2.18 bits per heavy atom. The van der Waals surface area contributed by atoms with E-state index in [2.05, 4.69) is 22.4 Å². The minimum absolute atomic E-state index is 0.541. The van der Waals surface area contributed by atoms with Gasteiger partial charge in [0, 0.05) is 24.9 Å². The predicted molar refractivity (Wildman–Crippen MR) is 64.8 cm³/mol. The second-order valence-corrected chi connectivity index (χ2v) is 5.64. The number of rotatable bonds is 5. The number of hydrogen-bond acceptors (Lipinski definition) is 4. The van der Waals surface area contributed by atoms with Crippen LogP contribution in [0, 0.1) is 5.92 Å². The van der Waals surface area contributed by atoms with Crippen molar-refractivity contribution in [2.45, 2.75) is 57.4 Å². The number of nitrogens with one attached hydrogen (secondary N) is 1. The number of hydrogen-bond donors (Lipinski definition) is 1. The lowest BCUT2D eigenvalue weighted by Gasteiger charge is -2.01. The fourth-order valence-corrected chi connectivity index (χ4v) is 2.65. The van der Waals surface area contributed by atoms with Gasteiger partial charge in [-0.25, -0.2) is 0 Å². The van der Waals surface area contributed by atoms with Crippen molar-refractivity contribution in [3.05, 3.63) is 11.7 Å². The van der Waals surface area contributed by atoms with E-state index in [4.69, 9.17) is 4.52 Å². The maximum atomic E-state index is 5.31. The lowest BCUT2D eigenvalue weighted by Crippen LogP contribution is -2.19. The quantitative estimate of drug-likeness (QED) is 0.850. The lowest BCUT2D eigenvalue weighted by atomic mass is 10.1. The first-order valence-corrected chi connectivity index (χ1v) is 6.87. The molecule has 1 N–H and O–H groups in total. The molecule has 1 aromatic heterocycles.